The minimum atomic E-state index is -0.359. The molecule has 0 spiro atoms. The van der Waals surface area contributed by atoms with Crippen LogP contribution in [0.15, 0.2) is 0 Å². The number of hydrogen-bond donors (Lipinski definition) is 2. The van der Waals surface area contributed by atoms with Gasteiger partial charge in [0.2, 0.25) is 5.91 Å². The lowest BCUT2D eigenvalue weighted by molar-refractivity contribution is -0.124. The first-order valence-electron chi connectivity index (χ1n) is 7.93. The van der Waals surface area contributed by atoms with Gasteiger partial charge in [-0.25, -0.2) is 0 Å². The highest BCUT2D eigenvalue weighted by atomic mass is 16.2. The number of rotatable bonds is 7. The Kier molecular flexibility index (Phi) is 6.31. The predicted octanol–water partition coefficient (Wildman–Crippen LogP) is 3.08. The molecule has 1 rings (SSSR count). The molecule has 0 heterocycles. The summed E-state index contributed by atoms with van der Waals surface area (Å²) < 4.78 is 0. The number of nitrogens with one attached hydrogen (secondary N) is 1. The summed E-state index contributed by atoms with van der Waals surface area (Å²) >= 11 is 0. The van der Waals surface area contributed by atoms with Crippen LogP contribution in [0.1, 0.15) is 66.2 Å². The van der Waals surface area contributed by atoms with Gasteiger partial charge in [-0.15, -0.1) is 0 Å². The summed E-state index contributed by atoms with van der Waals surface area (Å²) in [6, 6.07) is -0.359. The first-order chi connectivity index (χ1) is 8.90. The average Bonchev–Trinajstić information content (AvgIpc) is 2.82. The minimum Gasteiger partial charge on any atom is -0.354 e. The standard InChI is InChI=1S/C16H32N2O/c1-5-13(4)14(17)15(19)18-11-16(10-12(2)3)8-6-7-9-16/h12-14H,5-11,17H2,1-4H3,(H,18,19)/t13-,14-/m0/s1. The second-order valence-corrected chi connectivity index (χ2v) is 6.93. The van der Waals surface area contributed by atoms with Crippen LogP contribution < -0.4 is 11.1 Å². The molecule has 19 heavy (non-hydrogen) atoms. The topological polar surface area (TPSA) is 55.1 Å². The molecule has 1 aliphatic carbocycles. The summed E-state index contributed by atoms with van der Waals surface area (Å²) in [5, 5.41) is 3.12. The fraction of sp³-hybridized carbons (Fsp3) is 0.938. The van der Waals surface area contributed by atoms with E-state index >= 15 is 0 Å². The van der Waals surface area contributed by atoms with Gasteiger partial charge in [0.05, 0.1) is 6.04 Å². The molecule has 3 heteroatoms. The maximum Gasteiger partial charge on any atom is 0.237 e. The summed E-state index contributed by atoms with van der Waals surface area (Å²) in [5.41, 5.74) is 6.32. The normalized spacial score (nSPS) is 21.4. The Morgan fingerprint density at radius 3 is 2.32 bits per heavy atom. The molecule has 2 atom stereocenters. The molecule has 0 saturated heterocycles. The number of hydrogen-bond acceptors (Lipinski definition) is 2. The third-order valence-electron chi connectivity index (χ3n) is 4.70. The van der Waals surface area contributed by atoms with E-state index in [1.165, 1.54) is 32.1 Å². The molecule has 112 valence electrons. The molecular weight excluding hydrogens is 236 g/mol. The summed E-state index contributed by atoms with van der Waals surface area (Å²) in [6.07, 6.45) is 7.28. The maximum atomic E-state index is 12.1. The van der Waals surface area contributed by atoms with Crippen LogP contribution in [0.3, 0.4) is 0 Å². The Balaban J connectivity index is 2.50. The molecule has 3 nitrogen and oxygen atoms in total. The van der Waals surface area contributed by atoms with Crippen molar-refractivity contribution < 1.29 is 4.79 Å². The Hall–Kier alpha value is -0.570. The third kappa shape index (κ3) is 4.79. The quantitative estimate of drug-likeness (QED) is 0.745. The average molecular weight is 268 g/mol. The smallest absolute Gasteiger partial charge is 0.237 e. The van der Waals surface area contributed by atoms with Gasteiger partial charge in [-0.05, 0) is 36.5 Å². The summed E-state index contributed by atoms with van der Waals surface area (Å²) in [5.74, 6) is 0.979. The zero-order valence-electron chi connectivity index (χ0n) is 13.2. The number of carbonyl (C=O) groups excluding carboxylic acids is 1. The molecular formula is C16H32N2O. The molecule has 0 aromatic heterocycles. The predicted molar refractivity (Wildman–Crippen MR) is 80.8 cm³/mol. The molecule has 0 unspecified atom stereocenters. The molecule has 0 aliphatic heterocycles. The van der Waals surface area contributed by atoms with Crippen LogP contribution in [0.5, 0.6) is 0 Å². The summed E-state index contributed by atoms with van der Waals surface area (Å²) in [7, 11) is 0. The molecule has 1 aliphatic rings. The van der Waals surface area contributed by atoms with Crippen LogP contribution >= 0.6 is 0 Å². The van der Waals surface area contributed by atoms with Gasteiger partial charge in [-0.3, -0.25) is 4.79 Å². The number of carbonyl (C=O) groups is 1. The van der Waals surface area contributed by atoms with Crippen molar-refractivity contribution in [1.29, 1.82) is 0 Å². The van der Waals surface area contributed by atoms with Crippen molar-refractivity contribution in [3.63, 3.8) is 0 Å². The van der Waals surface area contributed by atoms with Gasteiger partial charge in [0.15, 0.2) is 0 Å². The third-order valence-corrected chi connectivity index (χ3v) is 4.70. The van der Waals surface area contributed by atoms with Gasteiger partial charge in [0.1, 0.15) is 0 Å². The van der Waals surface area contributed by atoms with Crippen LogP contribution in [-0.2, 0) is 4.79 Å². The van der Waals surface area contributed by atoms with E-state index < -0.39 is 0 Å². The summed E-state index contributed by atoms with van der Waals surface area (Å²) in [4.78, 5) is 12.1. The highest BCUT2D eigenvalue weighted by molar-refractivity contribution is 5.81. The van der Waals surface area contributed by atoms with Crippen LogP contribution in [0.2, 0.25) is 0 Å². The monoisotopic (exact) mass is 268 g/mol. The Morgan fingerprint density at radius 2 is 1.84 bits per heavy atom. The van der Waals surface area contributed by atoms with E-state index in [1.54, 1.807) is 0 Å². The van der Waals surface area contributed by atoms with E-state index in [4.69, 9.17) is 5.73 Å². The molecule has 3 N–H and O–H groups in total. The second-order valence-electron chi connectivity index (χ2n) is 6.93. The highest BCUT2D eigenvalue weighted by Gasteiger charge is 2.35. The molecule has 1 amide bonds. The van der Waals surface area contributed by atoms with Crippen molar-refractivity contribution in [3.8, 4) is 0 Å². The van der Waals surface area contributed by atoms with Crippen LogP contribution in [0, 0.1) is 17.3 Å². The first kappa shape index (κ1) is 16.5. The zero-order valence-corrected chi connectivity index (χ0v) is 13.2. The minimum absolute atomic E-state index is 0.0318. The summed E-state index contributed by atoms with van der Waals surface area (Å²) in [6.45, 7) is 9.48. The lowest BCUT2D eigenvalue weighted by Crippen LogP contribution is -2.47. The molecule has 0 aromatic rings. The van der Waals surface area contributed by atoms with Gasteiger partial charge in [0, 0.05) is 6.54 Å². The number of amides is 1. The van der Waals surface area contributed by atoms with Gasteiger partial charge < -0.3 is 11.1 Å². The van der Waals surface area contributed by atoms with Crippen molar-refractivity contribution in [1.82, 2.24) is 5.32 Å². The largest absolute Gasteiger partial charge is 0.354 e. The Labute approximate surface area is 118 Å². The highest BCUT2D eigenvalue weighted by Crippen LogP contribution is 2.42. The van der Waals surface area contributed by atoms with E-state index in [0.717, 1.165) is 13.0 Å². The van der Waals surface area contributed by atoms with E-state index in [9.17, 15) is 4.79 Å². The Morgan fingerprint density at radius 1 is 1.26 bits per heavy atom. The van der Waals surface area contributed by atoms with Gasteiger partial charge in [-0.2, -0.15) is 0 Å². The van der Waals surface area contributed by atoms with Crippen molar-refractivity contribution in [3.05, 3.63) is 0 Å². The van der Waals surface area contributed by atoms with Crippen LogP contribution in [0.25, 0.3) is 0 Å². The van der Waals surface area contributed by atoms with Gasteiger partial charge in [0.25, 0.3) is 0 Å². The number of nitrogens with two attached hydrogens (primary N) is 1. The van der Waals surface area contributed by atoms with E-state index in [-0.39, 0.29) is 17.9 Å². The van der Waals surface area contributed by atoms with Crippen molar-refractivity contribution in [2.75, 3.05) is 6.54 Å². The van der Waals surface area contributed by atoms with Gasteiger partial charge >= 0.3 is 0 Å². The fourth-order valence-electron chi connectivity index (χ4n) is 3.35. The molecule has 0 radical (unpaired) electrons. The van der Waals surface area contributed by atoms with E-state index in [0.29, 0.717) is 11.3 Å². The molecule has 0 aromatic carbocycles. The zero-order chi connectivity index (χ0) is 14.5. The van der Waals surface area contributed by atoms with Crippen molar-refractivity contribution in [2.24, 2.45) is 23.0 Å². The fourth-order valence-corrected chi connectivity index (χ4v) is 3.35. The maximum absolute atomic E-state index is 12.1. The van der Waals surface area contributed by atoms with Crippen LogP contribution in [-0.4, -0.2) is 18.5 Å². The van der Waals surface area contributed by atoms with Crippen molar-refractivity contribution >= 4 is 5.91 Å². The molecule has 1 saturated carbocycles. The van der Waals surface area contributed by atoms with Crippen molar-refractivity contribution in [2.45, 2.75) is 72.3 Å². The second kappa shape index (κ2) is 7.28. The Bertz CT molecular complexity index is 282. The molecule has 1 fully saturated rings. The SMILES string of the molecule is CC[C@H](C)[C@H](N)C(=O)NCC1(CC(C)C)CCCC1. The molecule has 0 bridgehead atoms. The van der Waals surface area contributed by atoms with Crippen LogP contribution in [0.4, 0.5) is 0 Å². The van der Waals surface area contributed by atoms with E-state index in [1.807, 2.05) is 6.92 Å². The van der Waals surface area contributed by atoms with Gasteiger partial charge in [-0.1, -0.05) is 47.0 Å². The lowest BCUT2D eigenvalue weighted by Gasteiger charge is -2.32. The first-order valence-corrected chi connectivity index (χ1v) is 7.93. The lowest BCUT2D eigenvalue weighted by atomic mass is 9.78. The van der Waals surface area contributed by atoms with E-state index in [2.05, 4.69) is 26.1 Å².